The lowest BCUT2D eigenvalue weighted by Gasteiger charge is -2.31. The van der Waals surface area contributed by atoms with Gasteiger partial charge in [-0.05, 0) is 24.6 Å². The van der Waals surface area contributed by atoms with Gasteiger partial charge in [-0.1, -0.05) is 0 Å². The predicted molar refractivity (Wildman–Crippen MR) is 76.5 cm³/mol. The molecule has 8 heteroatoms. The Bertz CT molecular complexity index is 630. The van der Waals surface area contributed by atoms with Crippen LogP contribution < -0.4 is 16.2 Å². The lowest BCUT2D eigenvalue weighted by atomic mass is 10.1. The second-order valence-electron chi connectivity index (χ2n) is 4.95. The third-order valence-electron chi connectivity index (χ3n) is 3.30. The van der Waals surface area contributed by atoms with E-state index >= 15 is 0 Å². The molecule has 0 aromatic heterocycles. The van der Waals surface area contributed by atoms with Crippen molar-refractivity contribution in [1.29, 1.82) is 0 Å². The zero-order chi connectivity index (χ0) is 14.9. The van der Waals surface area contributed by atoms with E-state index in [4.69, 9.17) is 10.9 Å². The number of hydrogen-bond acceptors (Lipinski definition) is 5. The van der Waals surface area contributed by atoms with Crippen LogP contribution in [-0.4, -0.2) is 38.9 Å². The average Bonchev–Trinajstić information content (AvgIpc) is 2.35. The summed E-state index contributed by atoms with van der Waals surface area (Å²) in [6, 6.07) is 4.51. The molecule has 0 saturated carbocycles. The van der Waals surface area contributed by atoms with E-state index in [-0.39, 0.29) is 16.8 Å². The number of amides is 1. The fourth-order valence-corrected chi connectivity index (χ4v) is 2.98. The Labute approximate surface area is 118 Å². The number of nitrogens with two attached hydrogens (primary N) is 2. The van der Waals surface area contributed by atoms with Gasteiger partial charge in [-0.25, -0.2) is 13.6 Å². The van der Waals surface area contributed by atoms with Crippen LogP contribution in [0.25, 0.3) is 0 Å². The predicted octanol–water partition coefficient (Wildman–Crippen LogP) is -0.0511. The molecule has 0 bridgehead atoms. The average molecular weight is 298 g/mol. The molecule has 1 aliphatic heterocycles. The molecule has 1 atom stereocenters. The minimum absolute atomic E-state index is 0.0122. The van der Waals surface area contributed by atoms with Gasteiger partial charge in [0.1, 0.15) is 4.90 Å². The molecule has 0 aliphatic carbocycles. The number of sulfonamides is 1. The summed E-state index contributed by atoms with van der Waals surface area (Å²) in [6.45, 7) is 0.521. The van der Waals surface area contributed by atoms with Crippen molar-refractivity contribution in [2.24, 2.45) is 5.14 Å². The van der Waals surface area contributed by atoms with E-state index in [0.29, 0.717) is 30.8 Å². The minimum Gasteiger partial charge on any atom is -0.399 e. The quantitative estimate of drug-likeness (QED) is 0.676. The summed E-state index contributed by atoms with van der Waals surface area (Å²) in [4.78, 5) is 13.0. The first-order valence-electron chi connectivity index (χ1n) is 6.20. The van der Waals surface area contributed by atoms with Crippen LogP contribution in [0.4, 0.5) is 11.4 Å². The van der Waals surface area contributed by atoms with Crippen LogP contribution in [0.2, 0.25) is 0 Å². The molecule has 1 unspecified atom stereocenters. The van der Waals surface area contributed by atoms with Gasteiger partial charge in [0, 0.05) is 31.7 Å². The van der Waals surface area contributed by atoms with Gasteiger partial charge in [-0.15, -0.1) is 0 Å². The highest BCUT2D eigenvalue weighted by molar-refractivity contribution is 7.89. The van der Waals surface area contributed by atoms with Gasteiger partial charge in [-0.3, -0.25) is 4.79 Å². The van der Waals surface area contributed by atoms with E-state index in [2.05, 4.69) is 5.32 Å². The number of rotatable bonds is 3. The number of carbonyl (C=O) groups is 1. The summed E-state index contributed by atoms with van der Waals surface area (Å²) in [5.41, 5.74) is 6.34. The molecular formula is C12H18N4O3S. The van der Waals surface area contributed by atoms with Crippen LogP contribution in [0.5, 0.6) is 0 Å². The summed E-state index contributed by atoms with van der Waals surface area (Å²) in [5.74, 6) is 0.0898. The molecule has 1 fully saturated rings. The first-order chi connectivity index (χ1) is 9.27. The molecule has 110 valence electrons. The van der Waals surface area contributed by atoms with Crippen LogP contribution in [0.3, 0.4) is 0 Å². The molecule has 1 aromatic carbocycles. The van der Waals surface area contributed by atoms with Crippen LogP contribution in [-0.2, 0) is 14.8 Å². The number of nitrogens with zero attached hydrogens (tertiary/aromatic N) is 1. The van der Waals surface area contributed by atoms with Crippen LogP contribution in [0.15, 0.2) is 23.1 Å². The SMILES string of the molecule is CN1CC(Nc2ccc(N)cc2S(N)(=O)=O)CCC1=O. The van der Waals surface area contributed by atoms with E-state index in [9.17, 15) is 13.2 Å². The Morgan fingerprint density at radius 3 is 2.70 bits per heavy atom. The first-order valence-corrected chi connectivity index (χ1v) is 7.75. The highest BCUT2D eigenvalue weighted by atomic mass is 32.2. The van der Waals surface area contributed by atoms with E-state index in [1.165, 1.54) is 6.07 Å². The van der Waals surface area contributed by atoms with Crippen LogP contribution in [0.1, 0.15) is 12.8 Å². The molecule has 5 N–H and O–H groups in total. The van der Waals surface area contributed by atoms with Gasteiger partial charge >= 0.3 is 0 Å². The van der Waals surface area contributed by atoms with Gasteiger partial charge in [0.2, 0.25) is 15.9 Å². The number of likely N-dealkylation sites (tertiary alicyclic amines) is 1. The number of piperidine rings is 1. The smallest absolute Gasteiger partial charge is 0.240 e. The molecule has 0 radical (unpaired) electrons. The maximum absolute atomic E-state index is 11.6. The zero-order valence-electron chi connectivity index (χ0n) is 11.2. The van der Waals surface area contributed by atoms with Gasteiger partial charge in [0.05, 0.1) is 5.69 Å². The maximum Gasteiger partial charge on any atom is 0.240 e. The van der Waals surface area contributed by atoms with Crippen molar-refractivity contribution in [3.8, 4) is 0 Å². The monoisotopic (exact) mass is 298 g/mol. The molecule has 2 rings (SSSR count). The zero-order valence-corrected chi connectivity index (χ0v) is 12.0. The van der Waals surface area contributed by atoms with Crippen LogP contribution in [0, 0.1) is 0 Å². The Hall–Kier alpha value is -1.80. The van der Waals surface area contributed by atoms with Crippen molar-refractivity contribution in [1.82, 2.24) is 4.90 Å². The minimum atomic E-state index is -3.85. The van der Waals surface area contributed by atoms with Gasteiger partial charge in [0.15, 0.2) is 0 Å². The van der Waals surface area contributed by atoms with Crippen molar-refractivity contribution in [3.63, 3.8) is 0 Å². The Kier molecular flexibility index (Phi) is 3.87. The summed E-state index contributed by atoms with van der Waals surface area (Å²) in [5, 5.41) is 8.32. The lowest BCUT2D eigenvalue weighted by Crippen LogP contribution is -2.43. The van der Waals surface area contributed by atoms with E-state index < -0.39 is 10.0 Å². The molecule has 1 saturated heterocycles. The largest absolute Gasteiger partial charge is 0.399 e. The number of likely N-dealkylation sites (N-methyl/N-ethyl adjacent to an activating group) is 1. The topological polar surface area (TPSA) is 119 Å². The third kappa shape index (κ3) is 3.20. The molecular weight excluding hydrogens is 280 g/mol. The summed E-state index contributed by atoms with van der Waals surface area (Å²) in [7, 11) is -2.13. The van der Waals surface area contributed by atoms with Crippen molar-refractivity contribution in [2.75, 3.05) is 24.6 Å². The van der Waals surface area contributed by atoms with Crippen molar-refractivity contribution >= 4 is 27.3 Å². The number of anilines is 2. The lowest BCUT2D eigenvalue weighted by molar-refractivity contribution is -0.132. The van der Waals surface area contributed by atoms with Crippen molar-refractivity contribution in [2.45, 2.75) is 23.8 Å². The fourth-order valence-electron chi connectivity index (χ4n) is 2.24. The van der Waals surface area contributed by atoms with Crippen molar-refractivity contribution in [3.05, 3.63) is 18.2 Å². The molecule has 0 spiro atoms. The summed E-state index contributed by atoms with van der Waals surface area (Å²) >= 11 is 0. The standard InChI is InChI=1S/C12H18N4O3S/c1-16-7-9(3-5-12(16)17)15-10-4-2-8(13)6-11(10)20(14,18)19/h2,4,6,9,15H,3,5,7,13H2,1H3,(H2,14,18,19). The molecule has 1 aliphatic rings. The Morgan fingerprint density at radius 2 is 2.10 bits per heavy atom. The highest BCUT2D eigenvalue weighted by Crippen LogP contribution is 2.25. The molecule has 1 aromatic rings. The fraction of sp³-hybridized carbons (Fsp3) is 0.417. The summed E-state index contributed by atoms with van der Waals surface area (Å²) < 4.78 is 23.2. The Morgan fingerprint density at radius 1 is 1.40 bits per heavy atom. The number of benzene rings is 1. The number of nitrogens with one attached hydrogen (secondary N) is 1. The van der Waals surface area contributed by atoms with E-state index in [1.807, 2.05) is 0 Å². The van der Waals surface area contributed by atoms with E-state index in [0.717, 1.165) is 0 Å². The number of carbonyl (C=O) groups excluding carboxylic acids is 1. The second-order valence-corrected chi connectivity index (χ2v) is 6.48. The Balaban J connectivity index is 2.24. The molecule has 1 amide bonds. The van der Waals surface area contributed by atoms with Crippen molar-refractivity contribution < 1.29 is 13.2 Å². The molecule has 7 nitrogen and oxygen atoms in total. The van der Waals surface area contributed by atoms with E-state index in [1.54, 1.807) is 24.1 Å². The van der Waals surface area contributed by atoms with Crippen LogP contribution >= 0.6 is 0 Å². The maximum atomic E-state index is 11.6. The third-order valence-corrected chi connectivity index (χ3v) is 4.25. The number of nitrogen functional groups attached to an aromatic ring is 1. The molecule has 1 heterocycles. The molecule has 20 heavy (non-hydrogen) atoms. The number of hydrogen-bond donors (Lipinski definition) is 3. The highest BCUT2D eigenvalue weighted by Gasteiger charge is 2.24. The normalized spacial score (nSPS) is 20.0. The second kappa shape index (κ2) is 5.29. The van der Waals surface area contributed by atoms with Gasteiger partial charge in [-0.2, -0.15) is 0 Å². The number of primary sulfonamides is 1. The van der Waals surface area contributed by atoms with Gasteiger partial charge in [0.25, 0.3) is 0 Å². The van der Waals surface area contributed by atoms with Gasteiger partial charge < -0.3 is 16.0 Å². The summed E-state index contributed by atoms with van der Waals surface area (Å²) in [6.07, 6.45) is 1.09. The first kappa shape index (κ1) is 14.6.